The van der Waals surface area contributed by atoms with Crippen LogP contribution in [0.4, 0.5) is 0 Å². The van der Waals surface area contributed by atoms with Gasteiger partial charge in [0.25, 0.3) is 0 Å². The third-order valence-corrected chi connectivity index (χ3v) is 3.61. The lowest BCUT2D eigenvalue weighted by Gasteiger charge is -2.22. The van der Waals surface area contributed by atoms with Crippen molar-refractivity contribution in [2.24, 2.45) is 12.0 Å². The first-order chi connectivity index (χ1) is 10.6. The molecule has 0 aliphatic rings. The second kappa shape index (κ2) is 9.44. The molecule has 0 amide bonds. The van der Waals surface area contributed by atoms with Crippen molar-refractivity contribution in [3.63, 3.8) is 0 Å². The van der Waals surface area contributed by atoms with Crippen LogP contribution in [0.5, 0.6) is 5.75 Å². The van der Waals surface area contributed by atoms with Crippen LogP contribution in [-0.2, 0) is 20.1 Å². The van der Waals surface area contributed by atoms with Gasteiger partial charge in [0.2, 0.25) is 0 Å². The van der Waals surface area contributed by atoms with E-state index in [-0.39, 0.29) is 24.0 Å². The monoisotopic (exact) mass is 428 g/mol. The predicted molar refractivity (Wildman–Crippen MR) is 105 cm³/mol. The minimum absolute atomic E-state index is 0. The highest BCUT2D eigenvalue weighted by atomic mass is 127. The average Bonchev–Trinajstić information content (AvgIpc) is 2.93. The first kappa shape index (κ1) is 19.3. The van der Waals surface area contributed by atoms with Gasteiger partial charge in [-0.1, -0.05) is 12.1 Å². The Hall–Kier alpha value is -1.70. The van der Waals surface area contributed by atoms with E-state index in [1.807, 2.05) is 25.2 Å². The topological polar surface area (TPSA) is 41.8 Å². The molecule has 0 spiro atoms. The summed E-state index contributed by atoms with van der Waals surface area (Å²) in [7, 11) is 7.57. The van der Waals surface area contributed by atoms with E-state index in [0.29, 0.717) is 6.54 Å². The Morgan fingerprint density at radius 3 is 2.70 bits per heavy atom. The molecule has 6 heteroatoms. The van der Waals surface area contributed by atoms with E-state index < -0.39 is 0 Å². The highest BCUT2D eigenvalue weighted by Crippen LogP contribution is 2.12. The summed E-state index contributed by atoms with van der Waals surface area (Å²) in [5.41, 5.74) is 2.40. The molecule has 0 aliphatic carbocycles. The fraction of sp³-hybridized carbons (Fsp3) is 0.353. The number of halogens is 1. The first-order valence-corrected chi connectivity index (χ1v) is 7.29. The molecule has 0 atom stereocenters. The molecule has 0 radical (unpaired) electrons. The van der Waals surface area contributed by atoms with Crippen LogP contribution in [0, 0.1) is 0 Å². The predicted octanol–water partition coefficient (Wildman–Crippen LogP) is 2.86. The highest BCUT2D eigenvalue weighted by Gasteiger charge is 2.08. The zero-order chi connectivity index (χ0) is 15.9. The SMILES string of the molecule is CN=C(NCc1cccc(OC)c1)N(C)Cc1cccn1C.I. The van der Waals surface area contributed by atoms with Crippen LogP contribution in [-0.4, -0.2) is 36.6 Å². The maximum Gasteiger partial charge on any atom is 0.194 e. The van der Waals surface area contributed by atoms with Gasteiger partial charge in [-0.25, -0.2) is 0 Å². The minimum Gasteiger partial charge on any atom is -0.497 e. The van der Waals surface area contributed by atoms with Crippen LogP contribution in [0.3, 0.4) is 0 Å². The minimum atomic E-state index is 0. The number of benzene rings is 1. The number of rotatable bonds is 5. The molecule has 0 bridgehead atoms. The number of guanidine groups is 1. The molecule has 2 aromatic rings. The average molecular weight is 428 g/mol. The number of hydrogen-bond donors (Lipinski definition) is 1. The van der Waals surface area contributed by atoms with E-state index in [2.05, 4.69) is 51.2 Å². The van der Waals surface area contributed by atoms with Crippen molar-refractivity contribution in [3.8, 4) is 5.75 Å². The number of nitrogens with zero attached hydrogens (tertiary/aromatic N) is 3. The third kappa shape index (κ3) is 5.46. The van der Waals surface area contributed by atoms with E-state index in [0.717, 1.165) is 23.8 Å². The van der Waals surface area contributed by atoms with Gasteiger partial charge in [0.15, 0.2) is 5.96 Å². The van der Waals surface area contributed by atoms with Gasteiger partial charge >= 0.3 is 0 Å². The van der Waals surface area contributed by atoms with Crippen molar-refractivity contribution in [2.75, 3.05) is 21.2 Å². The fourth-order valence-electron chi connectivity index (χ4n) is 2.33. The zero-order valence-corrected chi connectivity index (χ0v) is 16.4. The molecule has 0 aliphatic heterocycles. The second-order valence-corrected chi connectivity index (χ2v) is 5.22. The maximum atomic E-state index is 5.25. The van der Waals surface area contributed by atoms with Gasteiger partial charge in [0.1, 0.15) is 5.75 Å². The molecule has 1 N–H and O–H groups in total. The molecular weight excluding hydrogens is 403 g/mol. The summed E-state index contributed by atoms with van der Waals surface area (Å²) in [5.74, 6) is 1.73. The van der Waals surface area contributed by atoms with Crippen molar-refractivity contribution < 1.29 is 4.74 Å². The van der Waals surface area contributed by atoms with Crippen molar-refractivity contribution in [1.29, 1.82) is 0 Å². The summed E-state index contributed by atoms with van der Waals surface area (Å²) in [6.07, 6.45) is 2.05. The quantitative estimate of drug-likeness (QED) is 0.453. The Morgan fingerprint density at radius 1 is 1.30 bits per heavy atom. The smallest absolute Gasteiger partial charge is 0.194 e. The lowest BCUT2D eigenvalue weighted by atomic mass is 10.2. The van der Waals surface area contributed by atoms with E-state index in [1.54, 1.807) is 14.2 Å². The number of aryl methyl sites for hydroxylation is 1. The molecule has 126 valence electrons. The summed E-state index contributed by atoms with van der Waals surface area (Å²) in [5, 5.41) is 3.38. The van der Waals surface area contributed by atoms with Crippen LogP contribution >= 0.6 is 24.0 Å². The van der Waals surface area contributed by atoms with Gasteiger partial charge in [-0.15, -0.1) is 24.0 Å². The number of methoxy groups -OCH3 is 1. The highest BCUT2D eigenvalue weighted by molar-refractivity contribution is 14.0. The molecule has 0 fully saturated rings. The summed E-state index contributed by atoms with van der Waals surface area (Å²) >= 11 is 0. The summed E-state index contributed by atoms with van der Waals surface area (Å²) in [4.78, 5) is 6.45. The van der Waals surface area contributed by atoms with Crippen molar-refractivity contribution >= 4 is 29.9 Å². The van der Waals surface area contributed by atoms with E-state index in [4.69, 9.17) is 4.74 Å². The number of ether oxygens (including phenoxy) is 1. The van der Waals surface area contributed by atoms with Crippen LogP contribution in [0.25, 0.3) is 0 Å². The number of aromatic nitrogens is 1. The standard InChI is InChI=1S/C17H24N4O.HI/c1-18-17(21(3)13-15-8-6-10-20(15)2)19-12-14-7-5-9-16(11-14)22-4;/h5-11H,12-13H2,1-4H3,(H,18,19);1H. The Kier molecular flexibility index (Phi) is 7.94. The lowest BCUT2D eigenvalue weighted by molar-refractivity contribution is 0.414. The molecule has 1 aromatic carbocycles. The summed E-state index contributed by atoms with van der Waals surface area (Å²) in [6.45, 7) is 1.52. The molecule has 2 rings (SSSR count). The van der Waals surface area contributed by atoms with Crippen molar-refractivity contribution in [1.82, 2.24) is 14.8 Å². The molecule has 5 nitrogen and oxygen atoms in total. The zero-order valence-electron chi connectivity index (χ0n) is 14.1. The fourth-order valence-corrected chi connectivity index (χ4v) is 2.33. The third-order valence-electron chi connectivity index (χ3n) is 3.61. The van der Waals surface area contributed by atoms with Crippen molar-refractivity contribution in [2.45, 2.75) is 13.1 Å². The Bertz CT molecular complexity index is 639. The number of hydrogen-bond acceptors (Lipinski definition) is 2. The van der Waals surface area contributed by atoms with E-state index in [9.17, 15) is 0 Å². The molecular formula is C17H25IN4O. The van der Waals surface area contributed by atoms with E-state index in [1.165, 1.54) is 5.69 Å². The molecule has 1 heterocycles. The summed E-state index contributed by atoms with van der Waals surface area (Å²) < 4.78 is 7.36. The molecule has 0 saturated heterocycles. The molecule has 1 aromatic heterocycles. The Labute approximate surface area is 155 Å². The molecule has 0 unspecified atom stereocenters. The van der Waals surface area contributed by atoms with Crippen LogP contribution in [0.2, 0.25) is 0 Å². The van der Waals surface area contributed by atoms with Crippen LogP contribution in [0.1, 0.15) is 11.3 Å². The first-order valence-electron chi connectivity index (χ1n) is 7.29. The largest absolute Gasteiger partial charge is 0.497 e. The lowest BCUT2D eigenvalue weighted by Crippen LogP contribution is -2.38. The number of nitrogens with one attached hydrogen (secondary N) is 1. The molecule has 23 heavy (non-hydrogen) atoms. The molecule has 0 saturated carbocycles. The summed E-state index contributed by atoms with van der Waals surface area (Å²) in [6, 6.07) is 12.2. The maximum absolute atomic E-state index is 5.25. The van der Waals surface area contributed by atoms with Gasteiger partial charge in [-0.3, -0.25) is 4.99 Å². The van der Waals surface area contributed by atoms with Crippen LogP contribution < -0.4 is 10.1 Å². The Balaban J connectivity index is 0.00000264. The van der Waals surface area contributed by atoms with Gasteiger partial charge in [-0.05, 0) is 29.8 Å². The normalized spacial score (nSPS) is 10.9. The second-order valence-electron chi connectivity index (χ2n) is 5.22. The number of aliphatic imine (C=N–C) groups is 1. The van der Waals surface area contributed by atoms with E-state index >= 15 is 0 Å². The van der Waals surface area contributed by atoms with Gasteiger partial charge in [-0.2, -0.15) is 0 Å². The van der Waals surface area contributed by atoms with Crippen molar-refractivity contribution in [3.05, 3.63) is 53.9 Å². The van der Waals surface area contributed by atoms with Gasteiger partial charge in [0.05, 0.1) is 13.7 Å². The van der Waals surface area contributed by atoms with Gasteiger partial charge < -0.3 is 19.5 Å². The van der Waals surface area contributed by atoms with Gasteiger partial charge in [0, 0.05) is 39.6 Å². The Morgan fingerprint density at radius 2 is 2.09 bits per heavy atom. The van der Waals surface area contributed by atoms with Crippen LogP contribution in [0.15, 0.2) is 47.6 Å².